The van der Waals surface area contributed by atoms with E-state index in [0.717, 1.165) is 11.0 Å². The molecule has 3 atom stereocenters. The molecule has 0 radical (unpaired) electrons. The van der Waals surface area contributed by atoms with Gasteiger partial charge in [-0.2, -0.15) is 0 Å². The van der Waals surface area contributed by atoms with Crippen molar-refractivity contribution in [2.75, 3.05) is 4.90 Å². The summed E-state index contributed by atoms with van der Waals surface area (Å²) in [5, 5.41) is 11.0. The molecule has 8 heteroatoms. The number of allylic oxidation sites excluding steroid dienone is 2. The summed E-state index contributed by atoms with van der Waals surface area (Å²) in [6.07, 6.45) is 4.34. The number of hydrogen-bond donors (Lipinski definition) is 0. The molecule has 1 aliphatic heterocycles. The number of nitrogens with zero attached hydrogens (tertiary/aromatic N) is 2. The Kier molecular flexibility index (Phi) is 4.91. The first-order chi connectivity index (χ1) is 14.4. The number of nitro benzene ring substituents is 1. The van der Waals surface area contributed by atoms with Gasteiger partial charge in [0.1, 0.15) is 0 Å². The number of non-ortho nitro benzene ring substituents is 1. The molecule has 1 aliphatic carbocycles. The Bertz CT molecular complexity index is 1090. The van der Waals surface area contributed by atoms with Crippen LogP contribution >= 0.6 is 0 Å². The van der Waals surface area contributed by atoms with Crippen LogP contribution in [-0.2, 0) is 9.59 Å². The van der Waals surface area contributed by atoms with Crippen molar-refractivity contribution in [1.29, 1.82) is 0 Å². The maximum atomic E-state index is 13.0. The first kappa shape index (κ1) is 19.5. The lowest BCUT2D eigenvalue weighted by molar-refractivity contribution is -0.384. The van der Waals surface area contributed by atoms with Crippen LogP contribution in [0.15, 0.2) is 60.7 Å². The van der Waals surface area contributed by atoms with E-state index >= 15 is 0 Å². The van der Waals surface area contributed by atoms with Gasteiger partial charge in [0.25, 0.3) is 5.69 Å². The van der Waals surface area contributed by atoms with Crippen LogP contribution in [0.5, 0.6) is 5.75 Å². The molecule has 0 spiro atoms. The number of benzene rings is 2. The third-order valence-corrected chi connectivity index (χ3v) is 5.47. The summed E-state index contributed by atoms with van der Waals surface area (Å²) >= 11 is 0. The topological polar surface area (TPSA) is 107 Å². The van der Waals surface area contributed by atoms with Gasteiger partial charge in [-0.05, 0) is 30.5 Å². The minimum Gasteiger partial charge on any atom is -0.421 e. The van der Waals surface area contributed by atoms with Crippen LogP contribution in [0.1, 0.15) is 23.7 Å². The maximum absolute atomic E-state index is 13.0. The molecule has 1 heterocycles. The van der Waals surface area contributed by atoms with E-state index in [1.54, 1.807) is 18.2 Å². The zero-order valence-electron chi connectivity index (χ0n) is 16.1. The van der Waals surface area contributed by atoms with Crippen LogP contribution in [0.2, 0.25) is 0 Å². The second-order valence-corrected chi connectivity index (χ2v) is 7.33. The molecule has 1 fully saturated rings. The lowest BCUT2D eigenvalue weighted by Crippen LogP contribution is -2.32. The summed E-state index contributed by atoms with van der Waals surface area (Å²) in [4.78, 5) is 50.0. The molecule has 2 aromatic carbocycles. The van der Waals surface area contributed by atoms with Crippen molar-refractivity contribution in [3.05, 3.63) is 76.4 Å². The highest BCUT2D eigenvalue weighted by atomic mass is 16.6. The Balaban J connectivity index is 1.65. The first-order valence-corrected chi connectivity index (χ1v) is 9.48. The van der Waals surface area contributed by atoms with Crippen LogP contribution in [0.3, 0.4) is 0 Å². The Morgan fingerprint density at radius 1 is 1.13 bits per heavy atom. The number of amides is 2. The number of fused-ring (bicyclic) bond motifs is 1. The summed E-state index contributed by atoms with van der Waals surface area (Å²) in [5.41, 5.74) is -0.0642. The predicted molar refractivity (Wildman–Crippen MR) is 107 cm³/mol. The molecular weight excluding hydrogens is 388 g/mol. The van der Waals surface area contributed by atoms with Gasteiger partial charge in [-0.15, -0.1) is 0 Å². The Morgan fingerprint density at radius 3 is 2.63 bits per heavy atom. The van der Waals surface area contributed by atoms with Crippen molar-refractivity contribution >= 4 is 29.2 Å². The number of carbonyl (C=O) groups is 3. The maximum Gasteiger partial charge on any atom is 0.343 e. The normalized spacial score (nSPS) is 22.7. The van der Waals surface area contributed by atoms with E-state index in [4.69, 9.17) is 4.74 Å². The van der Waals surface area contributed by atoms with Crippen molar-refractivity contribution in [2.45, 2.75) is 13.3 Å². The number of ether oxygens (including phenoxy) is 1. The van der Waals surface area contributed by atoms with Gasteiger partial charge in [0, 0.05) is 12.1 Å². The summed E-state index contributed by atoms with van der Waals surface area (Å²) in [6, 6.07) is 11.4. The largest absolute Gasteiger partial charge is 0.421 e. The minimum absolute atomic E-state index is 0.00966. The fourth-order valence-corrected chi connectivity index (χ4v) is 4.02. The Morgan fingerprint density at radius 2 is 1.90 bits per heavy atom. The molecule has 152 valence electrons. The van der Waals surface area contributed by atoms with Gasteiger partial charge >= 0.3 is 5.97 Å². The average Bonchev–Trinajstić information content (AvgIpc) is 3.00. The van der Waals surface area contributed by atoms with Crippen molar-refractivity contribution in [3.63, 3.8) is 0 Å². The zero-order chi connectivity index (χ0) is 21.4. The molecule has 0 bridgehead atoms. The van der Waals surface area contributed by atoms with Gasteiger partial charge in [0.05, 0.1) is 28.0 Å². The molecule has 0 N–H and O–H groups in total. The van der Waals surface area contributed by atoms with E-state index in [9.17, 15) is 24.5 Å². The smallest absolute Gasteiger partial charge is 0.343 e. The number of rotatable bonds is 4. The number of anilines is 1. The lowest BCUT2D eigenvalue weighted by atomic mass is 9.78. The van der Waals surface area contributed by atoms with E-state index in [-0.39, 0.29) is 40.4 Å². The van der Waals surface area contributed by atoms with Gasteiger partial charge in [-0.3, -0.25) is 19.7 Å². The summed E-state index contributed by atoms with van der Waals surface area (Å²) in [7, 11) is 0. The number of imide groups is 1. The summed E-state index contributed by atoms with van der Waals surface area (Å²) in [5.74, 6) is -2.36. The van der Waals surface area contributed by atoms with Crippen molar-refractivity contribution in [1.82, 2.24) is 0 Å². The lowest BCUT2D eigenvalue weighted by Gasteiger charge is -2.22. The van der Waals surface area contributed by atoms with Gasteiger partial charge in [-0.25, -0.2) is 9.69 Å². The number of nitro groups is 1. The predicted octanol–water partition coefficient (Wildman–Crippen LogP) is 3.52. The Labute approximate surface area is 171 Å². The van der Waals surface area contributed by atoms with E-state index in [1.165, 1.54) is 24.3 Å². The van der Waals surface area contributed by atoms with E-state index in [2.05, 4.69) is 0 Å². The van der Waals surface area contributed by atoms with Gasteiger partial charge in [-0.1, -0.05) is 37.3 Å². The fraction of sp³-hybridized carbons (Fsp3) is 0.227. The highest BCUT2D eigenvalue weighted by Crippen LogP contribution is 2.42. The Hall–Kier alpha value is -3.81. The van der Waals surface area contributed by atoms with Crippen molar-refractivity contribution < 1.29 is 24.0 Å². The third-order valence-electron chi connectivity index (χ3n) is 5.47. The van der Waals surface area contributed by atoms with E-state index in [0.29, 0.717) is 6.42 Å². The van der Waals surface area contributed by atoms with Crippen molar-refractivity contribution in [2.24, 2.45) is 17.8 Å². The number of para-hydroxylation sites is 2. The van der Waals surface area contributed by atoms with Crippen LogP contribution in [0.25, 0.3) is 0 Å². The van der Waals surface area contributed by atoms with Crippen LogP contribution in [0.4, 0.5) is 11.4 Å². The van der Waals surface area contributed by atoms with Crippen LogP contribution < -0.4 is 9.64 Å². The molecule has 30 heavy (non-hydrogen) atoms. The van der Waals surface area contributed by atoms with Gasteiger partial charge < -0.3 is 4.74 Å². The average molecular weight is 406 g/mol. The number of esters is 1. The minimum atomic E-state index is -0.822. The van der Waals surface area contributed by atoms with E-state index in [1.807, 2.05) is 19.1 Å². The highest BCUT2D eigenvalue weighted by molar-refractivity contribution is 6.23. The second kappa shape index (κ2) is 7.55. The third kappa shape index (κ3) is 3.26. The molecule has 2 amide bonds. The second-order valence-electron chi connectivity index (χ2n) is 7.33. The number of hydrogen-bond acceptors (Lipinski definition) is 6. The quantitative estimate of drug-likeness (QED) is 0.192. The molecule has 1 saturated heterocycles. The monoisotopic (exact) mass is 406 g/mol. The summed E-state index contributed by atoms with van der Waals surface area (Å²) in [6.45, 7) is 1.90. The fourth-order valence-electron chi connectivity index (χ4n) is 4.02. The molecular formula is C22H18N2O6. The standard InChI is InChI=1S/C22H18N2O6/c1-13-6-4-9-16-19(13)21(26)23(20(16)25)17-10-2-3-11-18(17)30-22(27)14-7-5-8-15(12-14)24(28)29/h2-8,10-13,16,19H,9H2,1H3/t13-,16+,19-/m1/s1. The number of carbonyl (C=O) groups excluding carboxylic acids is 3. The summed E-state index contributed by atoms with van der Waals surface area (Å²) < 4.78 is 5.43. The molecule has 2 aliphatic rings. The molecule has 0 aromatic heterocycles. The molecule has 0 unspecified atom stereocenters. The van der Waals surface area contributed by atoms with Gasteiger partial charge in [0.15, 0.2) is 5.75 Å². The molecule has 4 rings (SSSR count). The zero-order valence-corrected chi connectivity index (χ0v) is 16.1. The van der Waals surface area contributed by atoms with Crippen LogP contribution in [0, 0.1) is 27.9 Å². The molecule has 2 aromatic rings. The van der Waals surface area contributed by atoms with Gasteiger partial charge in [0.2, 0.25) is 11.8 Å². The SMILES string of the molecule is C[C@@H]1C=CC[C@@H]2C(=O)N(c3ccccc3OC(=O)c3cccc([N+](=O)[O-])c3)C(=O)[C@H]12. The highest BCUT2D eigenvalue weighted by Gasteiger charge is 2.51. The van der Waals surface area contributed by atoms with E-state index < -0.39 is 22.7 Å². The molecule has 0 saturated carbocycles. The van der Waals surface area contributed by atoms with Crippen LogP contribution in [-0.4, -0.2) is 22.7 Å². The first-order valence-electron chi connectivity index (χ1n) is 9.48. The van der Waals surface area contributed by atoms with Crippen molar-refractivity contribution in [3.8, 4) is 5.75 Å². The molecule has 8 nitrogen and oxygen atoms in total.